The summed E-state index contributed by atoms with van der Waals surface area (Å²) < 4.78 is 0. The second-order valence-electron chi connectivity index (χ2n) is 9.05. The Morgan fingerprint density at radius 3 is 1.68 bits per heavy atom. The summed E-state index contributed by atoms with van der Waals surface area (Å²) in [7, 11) is 0. The van der Waals surface area contributed by atoms with Crippen molar-refractivity contribution in [3.8, 4) is 32.0 Å². The van der Waals surface area contributed by atoms with E-state index in [9.17, 15) is 0 Å². The van der Waals surface area contributed by atoms with Crippen molar-refractivity contribution >= 4 is 22.1 Å². The quantitative estimate of drug-likeness (QED) is 0.274. The van der Waals surface area contributed by atoms with Gasteiger partial charge >= 0.3 is 0 Å². The van der Waals surface area contributed by atoms with Gasteiger partial charge in [0.25, 0.3) is 0 Å². The van der Waals surface area contributed by atoms with Crippen LogP contribution < -0.4 is 0 Å². The number of thiophene rings is 1. The van der Waals surface area contributed by atoms with E-state index in [2.05, 4.69) is 124 Å². The molecule has 1 heteroatoms. The van der Waals surface area contributed by atoms with E-state index in [1.807, 2.05) is 11.3 Å². The molecule has 0 saturated heterocycles. The lowest BCUT2D eigenvalue weighted by Gasteiger charge is -2.21. The van der Waals surface area contributed by atoms with Gasteiger partial charge in [0.2, 0.25) is 0 Å². The van der Waals surface area contributed by atoms with E-state index in [4.69, 9.17) is 0 Å². The summed E-state index contributed by atoms with van der Waals surface area (Å²) in [5.74, 6) is 0. The maximum Gasteiger partial charge on any atom is 0.0434 e. The Kier molecular flexibility index (Phi) is 5.00. The number of hydrogen-bond donors (Lipinski definition) is 0. The first-order valence-corrected chi connectivity index (χ1v) is 11.6. The minimum atomic E-state index is 0.0965. The molecule has 31 heavy (non-hydrogen) atoms. The lowest BCUT2D eigenvalue weighted by atomic mass is 9.84. The van der Waals surface area contributed by atoms with Crippen LogP contribution in [-0.2, 0) is 5.41 Å². The monoisotopic (exact) mass is 418 g/mol. The van der Waals surface area contributed by atoms with E-state index in [0.29, 0.717) is 0 Å². The Bertz CT molecular complexity index is 1340. The molecule has 0 aliphatic rings. The fourth-order valence-corrected chi connectivity index (χ4v) is 5.48. The predicted octanol–water partition coefficient (Wildman–Crippen LogP) is 9.20. The molecule has 0 nitrogen and oxygen atoms in total. The van der Waals surface area contributed by atoms with Gasteiger partial charge < -0.3 is 0 Å². The van der Waals surface area contributed by atoms with E-state index < -0.39 is 0 Å². The van der Waals surface area contributed by atoms with Gasteiger partial charge in [0, 0.05) is 26.1 Å². The molecule has 0 radical (unpaired) electrons. The molecule has 0 spiro atoms. The highest BCUT2D eigenvalue weighted by Crippen LogP contribution is 2.47. The summed E-state index contributed by atoms with van der Waals surface area (Å²) >= 11 is 1.91. The third-order valence-electron chi connectivity index (χ3n) is 5.87. The highest BCUT2D eigenvalue weighted by molar-refractivity contribution is 7.21. The predicted molar refractivity (Wildman–Crippen MR) is 137 cm³/mol. The van der Waals surface area contributed by atoms with Crippen LogP contribution in [0.5, 0.6) is 0 Å². The van der Waals surface area contributed by atoms with Crippen molar-refractivity contribution in [1.29, 1.82) is 0 Å². The number of fused-ring (bicyclic) bond motifs is 1. The van der Waals surface area contributed by atoms with Crippen LogP contribution in [0.25, 0.3) is 42.8 Å². The Hall–Kier alpha value is -3.16. The zero-order valence-electron chi connectivity index (χ0n) is 18.2. The summed E-state index contributed by atoms with van der Waals surface area (Å²) in [5.41, 5.74) is 6.61. The summed E-state index contributed by atoms with van der Waals surface area (Å²) in [6.07, 6.45) is 0. The van der Waals surface area contributed by atoms with Crippen molar-refractivity contribution in [3.63, 3.8) is 0 Å². The van der Waals surface area contributed by atoms with Crippen LogP contribution in [0.2, 0.25) is 0 Å². The normalized spacial score (nSPS) is 11.7. The van der Waals surface area contributed by atoms with Crippen molar-refractivity contribution in [2.75, 3.05) is 0 Å². The first kappa shape index (κ1) is 19.8. The van der Waals surface area contributed by atoms with E-state index in [-0.39, 0.29) is 5.41 Å². The second kappa shape index (κ2) is 7.83. The van der Waals surface area contributed by atoms with E-state index in [1.54, 1.807) is 0 Å². The SMILES string of the molecule is CC(C)(C)c1ccc(-c2ccccc2)c(-c2sc(-c3ccccc3)c3ccccc23)c1. The molecular formula is C30H26S. The van der Waals surface area contributed by atoms with Gasteiger partial charge in [0.15, 0.2) is 0 Å². The van der Waals surface area contributed by atoms with Gasteiger partial charge in [-0.05, 0) is 33.7 Å². The maximum absolute atomic E-state index is 2.41. The number of rotatable bonds is 3. The van der Waals surface area contributed by atoms with Crippen LogP contribution in [0, 0.1) is 0 Å². The first-order chi connectivity index (χ1) is 15.0. The van der Waals surface area contributed by atoms with E-state index >= 15 is 0 Å². The molecule has 1 heterocycles. The Labute approximate surface area is 188 Å². The van der Waals surface area contributed by atoms with Crippen LogP contribution in [0.1, 0.15) is 26.3 Å². The molecule has 0 N–H and O–H groups in total. The zero-order chi connectivity index (χ0) is 21.4. The van der Waals surface area contributed by atoms with Gasteiger partial charge in [-0.25, -0.2) is 0 Å². The molecule has 0 unspecified atom stereocenters. The molecule has 0 aliphatic carbocycles. The van der Waals surface area contributed by atoms with Gasteiger partial charge in [0.05, 0.1) is 0 Å². The number of benzene rings is 4. The van der Waals surface area contributed by atoms with Crippen molar-refractivity contribution < 1.29 is 0 Å². The van der Waals surface area contributed by atoms with Gasteiger partial charge in [-0.2, -0.15) is 0 Å². The first-order valence-electron chi connectivity index (χ1n) is 10.8. The van der Waals surface area contributed by atoms with Crippen molar-refractivity contribution in [3.05, 3.63) is 109 Å². The van der Waals surface area contributed by atoms with Gasteiger partial charge in [-0.1, -0.05) is 118 Å². The van der Waals surface area contributed by atoms with Gasteiger partial charge in [0.1, 0.15) is 0 Å². The summed E-state index contributed by atoms with van der Waals surface area (Å²) in [6, 6.07) is 37.4. The molecule has 0 bridgehead atoms. The summed E-state index contributed by atoms with van der Waals surface area (Å²) in [6.45, 7) is 6.86. The summed E-state index contributed by atoms with van der Waals surface area (Å²) in [5, 5.41) is 2.66. The highest BCUT2D eigenvalue weighted by atomic mass is 32.1. The maximum atomic E-state index is 2.41. The Balaban J connectivity index is 1.82. The topological polar surface area (TPSA) is 0 Å². The van der Waals surface area contributed by atoms with Crippen LogP contribution in [0.4, 0.5) is 0 Å². The molecule has 4 aromatic carbocycles. The molecule has 0 fully saturated rings. The Morgan fingerprint density at radius 1 is 0.516 bits per heavy atom. The molecule has 0 saturated carbocycles. The largest absolute Gasteiger partial charge is 0.134 e. The average Bonchev–Trinajstić information content (AvgIpc) is 3.19. The van der Waals surface area contributed by atoms with Crippen molar-refractivity contribution in [1.82, 2.24) is 0 Å². The third-order valence-corrected chi connectivity index (χ3v) is 7.18. The van der Waals surface area contributed by atoms with Crippen LogP contribution in [0.3, 0.4) is 0 Å². The van der Waals surface area contributed by atoms with Crippen LogP contribution in [0.15, 0.2) is 103 Å². The van der Waals surface area contributed by atoms with Crippen molar-refractivity contribution in [2.45, 2.75) is 26.2 Å². The minimum Gasteiger partial charge on any atom is -0.134 e. The zero-order valence-corrected chi connectivity index (χ0v) is 19.0. The molecule has 0 aliphatic heterocycles. The molecule has 5 rings (SSSR count). The van der Waals surface area contributed by atoms with Gasteiger partial charge in [-0.15, -0.1) is 11.3 Å². The average molecular weight is 419 g/mol. The molecule has 5 aromatic rings. The standard InChI is InChI=1S/C30H26S/c1-30(2,3)23-18-19-24(21-12-6-4-7-13-21)27(20-23)29-26-17-11-10-16-25(26)28(31-29)22-14-8-5-9-15-22/h4-20H,1-3H3. The van der Waals surface area contributed by atoms with E-state index in [1.165, 1.54) is 48.3 Å². The molecular weight excluding hydrogens is 392 g/mol. The lowest BCUT2D eigenvalue weighted by Crippen LogP contribution is -2.11. The molecule has 1 aromatic heterocycles. The number of hydrogen-bond acceptors (Lipinski definition) is 1. The summed E-state index contributed by atoms with van der Waals surface area (Å²) in [4.78, 5) is 2.69. The fraction of sp³-hybridized carbons (Fsp3) is 0.133. The van der Waals surface area contributed by atoms with Crippen LogP contribution in [-0.4, -0.2) is 0 Å². The highest BCUT2D eigenvalue weighted by Gasteiger charge is 2.20. The smallest absolute Gasteiger partial charge is 0.0434 e. The van der Waals surface area contributed by atoms with Crippen LogP contribution >= 0.6 is 11.3 Å². The van der Waals surface area contributed by atoms with Gasteiger partial charge in [-0.3, -0.25) is 0 Å². The molecule has 0 amide bonds. The van der Waals surface area contributed by atoms with Crippen molar-refractivity contribution in [2.24, 2.45) is 0 Å². The van der Waals surface area contributed by atoms with E-state index in [0.717, 1.165) is 0 Å². The fourth-order valence-electron chi connectivity index (χ4n) is 4.16. The molecule has 152 valence electrons. The third kappa shape index (κ3) is 3.71. The minimum absolute atomic E-state index is 0.0965. The molecule has 0 atom stereocenters. The lowest BCUT2D eigenvalue weighted by molar-refractivity contribution is 0.590. The Morgan fingerprint density at radius 2 is 1.06 bits per heavy atom. The second-order valence-corrected chi connectivity index (χ2v) is 10.1.